The first-order valence-electron chi connectivity index (χ1n) is 13.0. The van der Waals surface area contributed by atoms with Crippen molar-refractivity contribution in [2.75, 3.05) is 37.3 Å². The molecule has 5 rings (SSSR count). The molecule has 14 heteroatoms. The van der Waals surface area contributed by atoms with Crippen LogP contribution in [0, 0.1) is 0 Å². The van der Waals surface area contributed by atoms with Gasteiger partial charge in [0.15, 0.2) is 0 Å². The molecule has 224 valence electrons. The molecule has 1 saturated heterocycles. The van der Waals surface area contributed by atoms with E-state index in [1.807, 2.05) is 9.62 Å². The molecule has 3 aromatic carbocycles. The summed E-state index contributed by atoms with van der Waals surface area (Å²) in [7, 11) is -3.70. The van der Waals surface area contributed by atoms with Gasteiger partial charge in [-0.25, -0.2) is 17.8 Å². The van der Waals surface area contributed by atoms with Crippen LogP contribution in [0.4, 0.5) is 18.9 Å². The summed E-state index contributed by atoms with van der Waals surface area (Å²) < 4.78 is 67.3. The molecule has 2 N–H and O–H groups in total. The quantitative estimate of drug-likeness (QED) is 0.338. The number of nitrogens with one attached hydrogen (secondary N) is 1. The zero-order valence-electron chi connectivity index (χ0n) is 22.7. The fraction of sp³-hybridized carbons (Fsp3) is 0.207. The zero-order chi connectivity index (χ0) is 30.9. The van der Waals surface area contributed by atoms with Gasteiger partial charge in [0.1, 0.15) is 5.75 Å². The fourth-order valence-corrected chi connectivity index (χ4v) is 5.19. The van der Waals surface area contributed by atoms with Gasteiger partial charge in [-0.05, 0) is 60.2 Å². The lowest BCUT2D eigenvalue weighted by atomic mass is 10.1. The van der Waals surface area contributed by atoms with Crippen molar-refractivity contribution in [3.63, 3.8) is 0 Å². The number of hydrogen-bond donors (Lipinski definition) is 2. The minimum absolute atomic E-state index is 0.0336. The summed E-state index contributed by atoms with van der Waals surface area (Å²) in [4.78, 5) is 28.9. The number of rotatable bonds is 6. The Bertz CT molecular complexity index is 1780. The lowest BCUT2D eigenvalue weighted by Gasteiger charge is -2.36. The van der Waals surface area contributed by atoms with Crippen LogP contribution in [0.3, 0.4) is 0 Å². The number of anilines is 1. The molecule has 0 saturated carbocycles. The molecular weight excluding hydrogens is 587 g/mol. The van der Waals surface area contributed by atoms with Gasteiger partial charge in [0.05, 0.1) is 23.7 Å². The maximum atomic E-state index is 13.8. The van der Waals surface area contributed by atoms with Crippen LogP contribution < -0.4 is 9.62 Å². The molecule has 1 fully saturated rings. The predicted octanol–water partition coefficient (Wildman–Crippen LogP) is 3.92. The van der Waals surface area contributed by atoms with Gasteiger partial charge in [0, 0.05) is 54.8 Å². The summed E-state index contributed by atoms with van der Waals surface area (Å²) in [5, 5.41) is 13.9. The number of sulfonamides is 1. The summed E-state index contributed by atoms with van der Waals surface area (Å²) in [6, 6.07) is 15.8. The predicted molar refractivity (Wildman–Crippen MR) is 153 cm³/mol. The van der Waals surface area contributed by atoms with Crippen molar-refractivity contribution < 1.29 is 36.3 Å². The maximum absolute atomic E-state index is 13.8. The molecule has 0 bridgehead atoms. The number of aromatic hydroxyl groups is 1. The van der Waals surface area contributed by atoms with Gasteiger partial charge in [0.2, 0.25) is 10.0 Å². The molecule has 4 aromatic rings. The normalized spacial score (nSPS) is 14.0. The maximum Gasteiger partial charge on any atom is 0.416 e. The molecule has 2 amide bonds. The SMILES string of the molecule is CS(=O)(=O)NC(=O)c1ccc(N2CCN(C(=O)c3cc(-n4cc(-c5cccc(O)c5)cn4)cc(C(F)(F)F)c3)CC2)cc1. The first kappa shape index (κ1) is 29.6. The van der Waals surface area contributed by atoms with Crippen molar-refractivity contribution in [2.24, 2.45) is 0 Å². The lowest BCUT2D eigenvalue weighted by Crippen LogP contribution is -2.48. The van der Waals surface area contributed by atoms with Gasteiger partial charge >= 0.3 is 6.18 Å². The van der Waals surface area contributed by atoms with Crippen LogP contribution in [0.15, 0.2) is 79.1 Å². The van der Waals surface area contributed by atoms with E-state index in [9.17, 15) is 36.3 Å². The molecule has 0 atom stereocenters. The van der Waals surface area contributed by atoms with E-state index >= 15 is 0 Å². The second kappa shape index (κ2) is 11.4. The van der Waals surface area contributed by atoms with Crippen molar-refractivity contribution in [3.8, 4) is 22.6 Å². The van der Waals surface area contributed by atoms with Crippen LogP contribution in [0.2, 0.25) is 0 Å². The van der Waals surface area contributed by atoms with E-state index in [2.05, 4.69) is 5.10 Å². The average Bonchev–Trinajstić information content (AvgIpc) is 3.46. The third-order valence-electron chi connectivity index (χ3n) is 6.86. The number of phenolic OH excluding ortho intramolecular Hbond substituents is 1. The van der Waals surface area contributed by atoms with E-state index in [-0.39, 0.29) is 35.7 Å². The molecule has 0 unspecified atom stereocenters. The summed E-state index contributed by atoms with van der Waals surface area (Å²) in [5.41, 5.74) is 1.04. The molecule has 1 aliphatic rings. The highest BCUT2D eigenvalue weighted by molar-refractivity contribution is 7.89. The minimum Gasteiger partial charge on any atom is -0.508 e. The van der Waals surface area contributed by atoms with Gasteiger partial charge in [-0.1, -0.05) is 12.1 Å². The number of alkyl halides is 3. The van der Waals surface area contributed by atoms with Crippen molar-refractivity contribution in [1.82, 2.24) is 19.4 Å². The van der Waals surface area contributed by atoms with E-state index in [1.165, 1.54) is 52.3 Å². The fourth-order valence-electron chi connectivity index (χ4n) is 4.73. The highest BCUT2D eigenvalue weighted by atomic mass is 32.2. The number of amides is 2. The number of hydrogen-bond acceptors (Lipinski definition) is 7. The Balaban J connectivity index is 1.32. The smallest absolute Gasteiger partial charge is 0.416 e. The summed E-state index contributed by atoms with van der Waals surface area (Å²) in [6.45, 7) is 1.26. The Labute approximate surface area is 245 Å². The molecule has 0 spiro atoms. The standard InChI is InChI=1S/C29H26F3N5O5S/c1-43(41,42)34-27(39)19-5-7-24(8-6-19)35-9-11-36(12-10-35)28(40)21-13-23(29(30,31)32)16-25(14-21)37-18-22(17-33-37)20-3-2-4-26(38)15-20/h2-8,13-18,38H,9-12H2,1H3,(H,34,39). The number of nitrogens with zero attached hydrogens (tertiary/aromatic N) is 4. The molecule has 43 heavy (non-hydrogen) atoms. The van der Waals surface area contributed by atoms with Crippen molar-refractivity contribution in [1.29, 1.82) is 0 Å². The molecule has 2 heterocycles. The van der Waals surface area contributed by atoms with Gasteiger partial charge in [-0.3, -0.25) is 9.59 Å². The Morgan fingerprint density at radius 3 is 2.21 bits per heavy atom. The van der Waals surface area contributed by atoms with E-state index in [0.29, 0.717) is 24.2 Å². The number of halogens is 3. The first-order valence-corrected chi connectivity index (χ1v) is 14.9. The summed E-state index contributed by atoms with van der Waals surface area (Å²) >= 11 is 0. The highest BCUT2D eigenvalue weighted by Gasteiger charge is 2.33. The van der Waals surface area contributed by atoms with E-state index in [4.69, 9.17) is 0 Å². The molecule has 10 nitrogen and oxygen atoms in total. The van der Waals surface area contributed by atoms with E-state index in [0.717, 1.165) is 24.1 Å². The monoisotopic (exact) mass is 613 g/mol. The second-order valence-electron chi connectivity index (χ2n) is 10.0. The van der Waals surface area contributed by atoms with E-state index in [1.54, 1.807) is 24.3 Å². The van der Waals surface area contributed by atoms with E-state index < -0.39 is 33.6 Å². The van der Waals surface area contributed by atoms with Gasteiger partial charge in [-0.15, -0.1) is 0 Å². The molecular formula is C29H26F3N5O5S. The number of aromatic nitrogens is 2. The van der Waals surface area contributed by atoms with Crippen molar-refractivity contribution in [3.05, 3.63) is 95.8 Å². The summed E-state index contributed by atoms with van der Waals surface area (Å²) in [6.07, 6.45) is -0.838. The lowest BCUT2D eigenvalue weighted by molar-refractivity contribution is -0.137. The number of benzene rings is 3. The van der Waals surface area contributed by atoms with Gasteiger partial charge in [-0.2, -0.15) is 18.3 Å². The van der Waals surface area contributed by atoms with Gasteiger partial charge < -0.3 is 14.9 Å². The molecule has 1 aromatic heterocycles. The van der Waals surface area contributed by atoms with Gasteiger partial charge in [0.25, 0.3) is 11.8 Å². The summed E-state index contributed by atoms with van der Waals surface area (Å²) in [5.74, 6) is -1.28. The Morgan fingerprint density at radius 2 is 1.58 bits per heavy atom. The Kier molecular flexibility index (Phi) is 7.88. The number of carbonyl (C=O) groups is 2. The van der Waals surface area contributed by atoms with Crippen LogP contribution in [0.25, 0.3) is 16.8 Å². The first-order chi connectivity index (χ1) is 20.3. The molecule has 1 aliphatic heterocycles. The number of phenols is 1. The number of carbonyl (C=O) groups excluding carboxylic acids is 2. The van der Waals surface area contributed by atoms with Crippen LogP contribution in [0.1, 0.15) is 26.3 Å². The average molecular weight is 614 g/mol. The second-order valence-corrected chi connectivity index (χ2v) is 11.8. The number of piperazine rings is 1. The molecule has 0 aliphatic carbocycles. The third-order valence-corrected chi connectivity index (χ3v) is 7.41. The Morgan fingerprint density at radius 1 is 0.884 bits per heavy atom. The van der Waals surface area contributed by atoms with Crippen LogP contribution in [-0.4, -0.2) is 72.5 Å². The van der Waals surface area contributed by atoms with Crippen LogP contribution >= 0.6 is 0 Å². The van der Waals surface area contributed by atoms with Crippen LogP contribution in [0.5, 0.6) is 5.75 Å². The topological polar surface area (TPSA) is 125 Å². The van der Waals surface area contributed by atoms with Crippen molar-refractivity contribution >= 4 is 27.5 Å². The molecule has 0 radical (unpaired) electrons. The largest absolute Gasteiger partial charge is 0.508 e. The van der Waals surface area contributed by atoms with Crippen molar-refractivity contribution in [2.45, 2.75) is 6.18 Å². The third kappa shape index (κ3) is 6.97. The Hall–Kier alpha value is -4.85. The highest BCUT2D eigenvalue weighted by Crippen LogP contribution is 2.33. The van der Waals surface area contributed by atoms with Crippen LogP contribution in [-0.2, 0) is 16.2 Å². The minimum atomic E-state index is -4.70. The zero-order valence-corrected chi connectivity index (χ0v) is 23.6.